The quantitative estimate of drug-likeness (QED) is 0.379. The molecule has 0 bridgehead atoms. The third-order valence-corrected chi connectivity index (χ3v) is 7.08. The van der Waals surface area contributed by atoms with E-state index in [4.69, 9.17) is 0 Å². The van der Waals surface area contributed by atoms with Gasteiger partial charge in [-0.3, -0.25) is 29.2 Å². The Morgan fingerprint density at radius 1 is 0.526 bits per heavy atom. The Balaban J connectivity index is 1.63. The largest absolute Gasteiger partial charge is 0.293 e. The molecule has 0 aromatic heterocycles. The molecule has 6 rings (SSSR count). The van der Waals surface area contributed by atoms with Crippen LogP contribution < -0.4 is 0 Å². The predicted molar refractivity (Wildman–Crippen MR) is 153 cm³/mol. The lowest BCUT2D eigenvalue weighted by molar-refractivity contribution is -0.125. The Kier molecular flexibility index (Phi) is 5.86. The van der Waals surface area contributed by atoms with E-state index >= 15 is 0 Å². The smallest absolute Gasteiger partial charge is 0.262 e. The summed E-state index contributed by atoms with van der Waals surface area (Å²) in [7, 11) is 7.73. The first-order valence-corrected chi connectivity index (χ1v) is 12.7. The maximum absolute atomic E-state index is 14.2. The van der Waals surface area contributed by atoms with Crippen molar-refractivity contribution in [3.8, 4) is 0 Å². The first-order chi connectivity index (χ1) is 18.3. The second kappa shape index (κ2) is 9.24. The van der Waals surface area contributed by atoms with Gasteiger partial charge in [-0.2, -0.15) is 0 Å². The van der Waals surface area contributed by atoms with E-state index in [-0.39, 0.29) is 11.8 Å². The topological polar surface area (TPSA) is 47.1 Å². The molecule has 0 unspecified atom stereocenters. The fraction of sp³-hybridized carbons (Fsp3) is 0.188. The number of hydrogen-bond donors (Lipinski definition) is 0. The third kappa shape index (κ3) is 3.90. The van der Waals surface area contributed by atoms with E-state index in [1.165, 1.54) is 0 Å². The van der Waals surface area contributed by atoms with Crippen LogP contribution in [0.4, 0.5) is 0 Å². The van der Waals surface area contributed by atoms with Gasteiger partial charge in [-0.05, 0) is 73.0 Å². The molecule has 6 heteroatoms. The van der Waals surface area contributed by atoms with Crippen molar-refractivity contribution < 1.29 is 9.59 Å². The van der Waals surface area contributed by atoms with Crippen LogP contribution in [0.25, 0.3) is 32.9 Å². The Hall–Kier alpha value is -4.26. The molecule has 0 fully saturated rings. The molecule has 0 spiro atoms. The van der Waals surface area contributed by atoms with E-state index in [1.54, 1.807) is 9.80 Å². The number of carbonyl (C=O) groups excluding carboxylic acids is 2. The second-order valence-electron chi connectivity index (χ2n) is 10.5. The fourth-order valence-electron chi connectivity index (χ4n) is 5.51. The van der Waals surface area contributed by atoms with Gasteiger partial charge in [0.1, 0.15) is 0 Å². The zero-order chi connectivity index (χ0) is 26.6. The molecule has 2 aliphatic rings. The molecule has 6 nitrogen and oxygen atoms in total. The maximum atomic E-state index is 14.2. The van der Waals surface area contributed by atoms with E-state index in [1.807, 2.05) is 74.4 Å². The van der Waals surface area contributed by atoms with Crippen molar-refractivity contribution in [3.05, 3.63) is 107 Å². The Labute approximate surface area is 222 Å². The van der Waals surface area contributed by atoms with Crippen LogP contribution in [-0.4, -0.2) is 72.9 Å². The van der Waals surface area contributed by atoms with Crippen molar-refractivity contribution in [1.82, 2.24) is 19.6 Å². The summed E-state index contributed by atoms with van der Waals surface area (Å²) in [6.07, 6.45) is 0. The van der Waals surface area contributed by atoms with Crippen molar-refractivity contribution in [2.75, 3.05) is 41.5 Å². The molecule has 0 aliphatic carbocycles. The van der Waals surface area contributed by atoms with Gasteiger partial charge >= 0.3 is 0 Å². The first-order valence-electron chi connectivity index (χ1n) is 12.7. The SMILES string of the molecule is CN(C)CN1C(=O)C2=C(c3ccc4ccccc4c3)N(CN(C)C)C(=O)C2=C1c1ccc2ccccc2c1. The van der Waals surface area contributed by atoms with Gasteiger partial charge in [-0.1, -0.05) is 72.8 Å². The van der Waals surface area contributed by atoms with Gasteiger partial charge in [0, 0.05) is 0 Å². The number of fused-ring (bicyclic) bond motifs is 3. The molecule has 0 atom stereocenters. The summed E-state index contributed by atoms with van der Waals surface area (Å²) in [5, 5.41) is 4.37. The number of amides is 2. The van der Waals surface area contributed by atoms with Crippen LogP contribution in [0.3, 0.4) is 0 Å². The lowest BCUT2D eigenvalue weighted by atomic mass is 9.99. The monoisotopic (exact) mass is 502 g/mol. The van der Waals surface area contributed by atoms with Crippen molar-refractivity contribution in [2.24, 2.45) is 0 Å². The minimum atomic E-state index is -0.144. The van der Waals surface area contributed by atoms with Crippen molar-refractivity contribution in [1.29, 1.82) is 0 Å². The van der Waals surface area contributed by atoms with E-state index in [9.17, 15) is 9.59 Å². The molecule has 0 saturated heterocycles. The van der Waals surface area contributed by atoms with Crippen molar-refractivity contribution >= 4 is 44.8 Å². The van der Waals surface area contributed by atoms with Crippen LogP contribution in [0, 0.1) is 0 Å². The summed E-state index contributed by atoms with van der Waals surface area (Å²) in [6, 6.07) is 28.6. The standard InChI is InChI=1S/C32H30N4O2/c1-33(2)19-35-29(25-15-13-21-9-5-7-11-23(21)17-25)27-28(31(35)37)30(36(32(27)38)20-34(3)4)26-16-14-22-10-6-8-12-24(22)18-26/h5-18H,19-20H2,1-4H3. The summed E-state index contributed by atoms with van der Waals surface area (Å²) in [6.45, 7) is 0.750. The lowest BCUT2D eigenvalue weighted by Crippen LogP contribution is -2.37. The predicted octanol–water partition coefficient (Wildman–Crippen LogP) is 4.84. The van der Waals surface area contributed by atoms with E-state index < -0.39 is 0 Å². The molecule has 0 radical (unpaired) electrons. The maximum Gasteiger partial charge on any atom is 0.262 e. The molecule has 2 amide bonds. The van der Waals surface area contributed by atoms with E-state index in [0.717, 1.165) is 32.7 Å². The molecule has 0 saturated carbocycles. The number of nitrogens with zero attached hydrogens (tertiary/aromatic N) is 4. The highest BCUT2D eigenvalue weighted by Gasteiger charge is 2.49. The van der Waals surface area contributed by atoms with Crippen molar-refractivity contribution in [3.63, 3.8) is 0 Å². The van der Waals surface area contributed by atoms with Gasteiger partial charge in [0.15, 0.2) is 0 Å². The molecule has 4 aromatic rings. The average molecular weight is 503 g/mol. The normalized spacial score (nSPS) is 15.8. The van der Waals surface area contributed by atoms with Crippen LogP contribution in [0.1, 0.15) is 11.1 Å². The minimum Gasteiger partial charge on any atom is -0.293 e. The molecular formula is C32H30N4O2. The number of benzene rings is 4. The number of carbonyl (C=O) groups is 2. The van der Waals surface area contributed by atoms with Gasteiger partial charge in [0.25, 0.3) is 11.8 Å². The molecular weight excluding hydrogens is 472 g/mol. The number of hydrogen-bond acceptors (Lipinski definition) is 4. The zero-order valence-corrected chi connectivity index (χ0v) is 22.1. The third-order valence-electron chi connectivity index (χ3n) is 7.08. The summed E-state index contributed by atoms with van der Waals surface area (Å²) in [5.74, 6) is -0.288. The van der Waals surface area contributed by atoms with Crippen LogP contribution in [0.5, 0.6) is 0 Å². The Morgan fingerprint density at radius 3 is 1.26 bits per heavy atom. The molecule has 0 N–H and O–H groups in total. The highest BCUT2D eigenvalue weighted by atomic mass is 16.2. The van der Waals surface area contributed by atoms with Crippen LogP contribution >= 0.6 is 0 Å². The zero-order valence-electron chi connectivity index (χ0n) is 22.1. The van der Waals surface area contributed by atoms with E-state index in [2.05, 4.69) is 48.5 Å². The van der Waals surface area contributed by atoms with Crippen molar-refractivity contribution in [2.45, 2.75) is 0 Å². The van der Waals surface area contributed by atoms with Gasteiger partial charge in [0.2, 0.25) is 0 Å². The van der Waals surface area contributed by atoms with Crippen LogP contribution in [0.2, 0.25) is 0 Å². The van der Waals surface area contributed by atoms with Gasteiger partial charge in [0.05, 0.1) is 35.9 Å². The van der Waals surface area contributed by atoms with Crippen LogP contribution in [0.15, 0.2) is 96.1 Å². The highest BCUT2D eigenvalue weighted by molar-refractivity contribution is 6.30. The molecule has 2 aliphatic heterocycles. The van der Waals surface area contributed by atoms with E-state index in [0.29, 0.717) is 35.9 Å². The Morgan fingerprint density at radius 2 is 0.895 bits per heavy atom. The first kappa shape index (κ1) is 24.1. The summed E-state index contributed by atoms with van der Waals surface area (Å²) < 4.78 is 0. The molecule has 4 aromatic carbocycles. The van der Waals surface area contributed by atoms with Gasteiger partial charge in [-0.15, -0.1) is 0 Å². The fourth-order valence-corrected chi connectivity index (χ4v) is 5.51. The lowest BCUT2D eigenvalue weighted by Gasteiger charge is -2.28. The second-order valence-corrected chi connectivity index (χ2v) is 10.5. The summed E-state index contributed by atoms with van der Waals surface area (Å²) in [5.41, 5.74) is 4.04. The van der Waals surface area contributed by atoms with Gasteiger partial charge < -0.3 is 0 Å². The molecule has 38 heavy (non-hydrogen) atoms. The Bertz CT molecular complexity index is 1560. The van der Waals surface area contributed by atoms with Crippen LogP contribution in [-0.2, 0) is 9.59 Å². The molecule has 190 valence electrons. The van der Waals surface area contributed by atoms with Gasteiger partial charge in [-0.25, -0.2) is 0 Å². The molecule has 2 heterocycles. The average Bonchev–Trinajstić information content (AvgIpc) is 3.33. The highest BCUT2D eigenvalue weighted by Crippen LogP contribution is 2.47. The summed E-state index contributed by atoms with van der Waals surface area (Å²) >= 11 is 0. The minimum absolute atomic E-state index is 0.144. The summed E-state index contributed by atoms with van der Waals surface area (Å²) in [4.78, 5) is 35.8. The number of rotatable bonds is 6.